The number of H-pyrrole nitrogens is 1. The summed E-state index contributed by atoms with van der Waals surface area (Å²) in [5, 5.41) is 1.97. The number of halogens is 6. The lowest BCUT2D eigenvalue weighted by molar-refractivity contribution is -0.174. The van der Waals surface area contributed by atoms with Crippen LogP contribution in [-0.4, -0.2) is 58.4 Å². The van der Waals surface area contributed by atoms with Crippen LogP contribution >= 0.6 is 0 Å². The van der Waals surface area contributed by atoms with E-state index in [0.29, 0.717) is 11.9 Å². The molecule has 1 N–H and O–H groups in total. The minimum atomic E-state index is -4.95. The topological polar surface area (TPSA) is 110 Å². The van der Waals surface area contributed by atoms with Crippen LogP contribution < -0.4 is 10.5 Å². The molecule has 2 heterocycles. The summed E-state index contributed by atoms with van der Waals surface area (Å²) < 4.78 is 76.8. The lowest BCUT2D eigenvalue weighted by atomic mass is 10.3. The van der Waals surface area contributed by atoms with E-state index < -0.39 is 41.8 Å². The predicted octanol–water partition coefficient (Wildman–Crippen LogP) is 2.11. The molecule has 0 saturated carbocycles. The summed E-state index contributed by atoms with van der Waals surface area (Å²) in [6.45, 7) is 1.40. The number of carbonyl (C=O) groups excluding carboxylic acids is 2. The number of carbonyl (C=O) groups is 2. The molecule has 2 aromatic rings. The van der Waals surface area contributed by atoms with Crippen LogP contribution in [0.15, 0.2) is 23.3 Å². The zero-order chi connectivity index (χ0) is 24.0. The van der Waals surface area contributed by atoms with Gasteiger partial charge in [0.05, 0.1) is 6.61 Å². The number of nitrogens with zero attached hydrogens (tertiary/aromatic N) is 4. The summed E-state index contributed by atoms with van der Waals surface area (Å²) in [5.41, 5.74) is -1.96. The van der Waals surface area contributed by atoms with E-state index in [1.165, 1.54) is 19.3 Å². The lowest BCUT2D eigenvalue weighted by Gasteiger charge is -2.11. The average molecular weight is 457 g/mol. The molecule has 9 nitrogen and oxygen atoms in total. The van der Waals surface area contributed by atoms with Crippen LogP contribution in [0.2, 0.25) is 0 Å². The molecule has 0 aliphatic carbocycles. The second kappa shape index (κ2) is 10.1. The number of alkyl halides is 6. The van der Waals surface area contributed by atoms with Gasteiger partial charge in [0.15, 0.2) is 5.82 Å². The van der Waals surface area contributed by atoms with Gasteiger partial charge in [-0.25, -0.2) is 14.6 Å². The van der Waals surface area contributed by atoms with E-state index in [9.17, 15) is 40.7 Å². The number of hydrogen-bond acceptors (Lipinski definition) is 7. The molecule has 172 valence electrons. The summed E-state index contributed by atoms with van der Waals surface area (Å²) in [6.07, 6.45) is -9.63. The third-order valence-corrected chi connectivity index (χ3v) is 3.28. The maximum Gasteiger partial charge on any atom is 0.450 e. The number of anilines is 1. The first-order valence-corrected chi connectivity index (χ1v) is 8.31. The maximum atomic E-state index is 12.5. The summed E-state index contributed by atoms with van der Waals surface area (Å²) in [4.78, 5) is 41.3. The minimum Gasteiger partial charge on any atom is -0.466 e. The number of ether oxygens (including phenoxy) is 1. The van der Waals surface area contributed by atoms with Crippen molar-refractivity contribution >= 4 is 17.6 Å². The van der Waals surface area contributed by atoms with E-state index in [4.69, 9.17) is 0 Å². The van der Waals surface area contributed by atoms with Crippen LogP contribution in [0.3, 0.4) is 0 Å². The lowest BCUT2D eigenvalue weighted by Crippen LogP contribution is -2.26. The van der Waals surface area contributed by atoms with E-state index in [-0.39, 0.29) is 12.4 Å². The fourth-order valence-electron chi connectivity index (χ4n) is 1.86. The third-order valence-electron chi connectivity index (χ3n) is 3.28. The number of hydrogen-bond donors (Lipinski definition) is 1. The maximum absolute atomic E-state index is 12.5. The van der Waals surface area contributed by atoms with Crippen molar-refractivity contribution in [2.24, 2.45) is 0 Å². The molecule has 31 heavy (non-hydrogen) atoms. The molecular weight excluding hydrogens is 440 g/mol. The molecule has 15 heteroatoms. The van der Waals surface area contributed by atoms with Crippen molar-refractivity contribution in [3.8, 4) is 5.82 Å². The minimum absolute atomic E-state index is 0.0377. The van der Waals surface area contributed by atoms with Gasteiger partial charge in [-0.3, -0.25) is 19.5 Å². The molecule has 0 unspecified atom stereocenters. The molecule has 0 spiro atoms. The Bertz CT molecular complexity index is 964. The average Bonchev–Trinajstić information content (AvgIpc) is 3.04. The van der Waals surface area contributed by atoms with Crippen molar-refractivity contribution in [1.82, 2.24) is 19.7 Å². The Kier molecular flexibility index (Phi) is 8.34. The van der Waals surface area contributed by atoms with Gasteiger partial charge in [0.1, 0.15) is 24.3 Å². The van der Waals surface area contributed by atoms with E-state index in [2.05, 4.69) is 14.7 Å². The van der Waals surface area contributed by atoms with Crippen molar-refractivity contribution < 1.29 is 40.7 Å². The second-order valence-electron chi connectivity index (χ2n) is 5.87. The fourth-order valence-corrected chi connectivity index (χ4v) is 1.86. The SMILES string of the molecule is CCOC(=O)CC(=O)C(F)(F)F.CN(C)c1cc(-n2[nH]c(C(F)(F)F)cc2=O)ncn1. The van der Waals surface area contributed by atoms with E-state index in [1.54, 1.807) is 19.0 Å². The molecule has 2 aromatic heterocycles. The van der Waals surface area contributed by atoms with E-state index in [1.807, 2.05) is 5.10 Å². The van der Waals surface area contributed by atoms with Crippen molar-refractivity contribution in [2.45, 2.75) is 25.7 Å². The van der Waals surface area contributed by atoms with Crippen LogP contribution in [-0.2, 0) is 20.5 Å². The molecule has 0 aliphatic rings. The summed E-state index contributed by atoms with van der Waals surface area (Å²) in [5.74, 6) is -2.72. The van der Waals surface area contributed by atoms with Crippen molar-refractivity contribution in [2.75, 3.05) is 25.6 Å². The quantitative estimate of drug-likeness (QED) is 0.416. The Hall–Kier alpha value is -3.39. The monoisotopic (exact) mass is 457 g/mol. The molecule has 0 aromatic carbocycles. The number of esters is 1. The number of aromatic nitrogens is 4. The number of aromatic amines is 1. The van der Waals surface area contributed by atoms with E-state index >= 15 is 0 Å². The van der Waals surface area contributed by atoms with Gasteiger partial charge in [0.25, 0.3) is 5.56 Å². The number of nitrogens with one attached hydrogen (secondary N) is 1. The van der Waals surface area contributed by atoms with Gasteiger partial charge in [-0.05, 0) is 6.92 Å². The number of rotatable bonds is 5. The van der Waals surface area contributed by atoms with Crippen molar-refractivity contribution in [3.05, 3.63) is 34.5 Å². The van der Waals surface area contributed by atoms with Crippen LogP contribution in [0.1, 0.15) is 19.0 Å². The highest BCUT2D eigenvalue weighted by Gasteiger charge is 2.39. The van der Waals surface area contributed by atoms with Crippen LogP contribution in [0.5, 0.6) is 0 Å². The van der Waals surface area contributed by atoms with Gasteiger partial charge < -0.3 is 9.64 Å². The first kappa shape index (κ1) is 25.6. The molecule has 0 amide bonds. The number of Topliss-reactive ketones (excluding diaryl/α,β-unsaturated/α-hetero) is 1. The first-order valence-electron chi connectivity index (χ1n) is 8.31. The Labute approximate surface area is 170 Å². The normalized spacial score (nSPS) is 11.4. The Morgan fingerprint density at radius 1 is 1.13 bits per heavy atom. The van der Waals surface area contributed by atoms with Gasteiger partial charge in [-0.2, -0.15) is 26.3 Å². The Morgan fingerprint density at radius 2 is 1.74 bits per heavy atom. The molecule has 0 fully saturated rings. The third kappa shape index (κ3) is 7.75. The van der Waals surface area contributed by atoms with Gasteiger partial charge in [-0.1, -0.05) is 0 Å². The number of ketones is 1. The van der Waals surface area contributed by atoms with Gasteiger partial charge in [0, 0.05) is 26.2 Å². The van der Waals surface area contributed by atoms with Crippen molar-refractivity contribution in [1.29, 1.82) is 0 Å². The summed E-state index contributed by atoms with van der Waals surface area (Å²) in [7, 11) is 3.43. The van der Waals surface area contributed by atoms with Gasteiger partial charge in [-0.15, -0.1) is 0 Å². The smallest absolute Gasteiger partial charge is 0.450 e. The van der Waals surface area contributed by atoms with Gasteiger partial charge in [0.2, 0.25) is 5.78 Å². The van der Waals surface area contributed by atoms with E-state index in [0.717, 1.165) is 4.68 Å². The molecule has 0 bridgehead atoms. The second-order valence-corrected chi connectivity index (χ2v) is 5.87. The molecule has 0 saturated heterocycles. The predicted molar refractivity (Wildman–Crippen MR) is 93.6 cm³/mol. The molecule has 0 radical (unpaired) electrons. The van der Waals surface area contributed by atoms with Crippen LogP contribution in [0.4, 0.5) is 32.2 Å². The fraction of sp³-hybridized carbons (Fsp3) is 0.438. The summed E-state index contributed by atoms with van der Waals surface area (Å²) in [6, 6.07) is 1.88. The van der Waals surface area contributed by atoms with Crippen LogP contribution in [0.25, 0.3) is 5.82 Å². The Morgan fingerprint density at radius 3 is 2.19 bits per heavy atom. The van der Waals surface area contributed by atoms with Gasteiger partial charge >= 0.3 is 18.3 Å². The zero-order valence-electron chi connectivity index (χ0n) is 16.3. The van der Waals surface area contributed by atoms with Crippen molar-refractivity contribution in [3.63, 3.8) is 0 Å². The summed E-state index contributed by atoms with van der Waals surface area (Å²) >= 11 is 0. The zero-order valence-corrected chi connectivity index (χ0v) is 16.3. The van der Waals surface area contributed by atoms with Crippen LogP contribution in [0, 0.1) is 0 Å². The molecule has 0 atom stereocenters. The highest BCUT2D eigenvalue weighted by Crippen LogP contribution is 2.26. The molecule has 0 aliphatic heterocycles. The molecule has 2 rings (SSSR count). The first-order chi connectivity index (χ1) is 14.2. The molecular formula is C16H17F6N5O4. The highest BCUT2D eigenvalue weighted by atomic mass is 19.4. The standard InChI is InChI=1S/C10H10F3N5O.C6H7F3O3/c1-17(2)7-4-8(15-5-14-7)18-9(19)3-6(16-18)10(11,12)13;1-2-12-5(11)3-4(10)6(7,8)9/h3-5,16H,1-2H3;2-3H2,1H3. The largest absolute Gasteiger partial charge is 0.466 e. The Balaban J connectivity index is 0.000000348. The highest BCUT2D eigenvalue weighted by molar-refractivity contribution is 5.98.